The number of rotatable bonds is 4. The Morgan fingerprint density at radius 1 is 0.600 bits per heavy atom. The first-order valence-corrected chi connectivity index (χ1v) is 21.1. The van der Waals surface area contributed by atoms with Gasteiger partial charge in [-0.25, -0.2) is 0 Å². The molecule has 0 aromatic heterocycles. The molecule has 2 aliphatic carbocycles. The van der Waals surface area contributed by atoms with E-state index in [0.29, 0.717) is 0 Å². The molecule has 4 rings (SSSR count). The van der Waals surface area contributed by atoms with Gasteiger partial charge in [0, 0.05) is 0 Å². The third kappa shape index (κ3) is 3.45. The van der Waals surface area contributed by atoms with Gasteiger partial charge in [0.05, 0.1) is 0 Å². The van der Waals surface area contributed by atoms with Gasteiger partial charge in [-0.15, -0.1) is 24.8 Å². The molecule has 4 heteroatoms. The van der Waals surface area contributed by atoms with Gasteiger partial charge in [0.15, 0.2) is 0 Å². The van der Waals surface area contributed by atoms with Gasteiger partial charge >= 0.3 is 173 Å². The average molecular weight is 535 g/mol. The van der Waals surface area contributed by atoms with E-state index in [-0.39, 0.29) is 24.8 Å². The predicted octanol–water partition coefficient (Wildman–Crippen LogP) is 5.97. The first-order valence-electron chi connectivity index (χ1n) is 10.3. The number of allylic oxidation sites excluding steroid dienone is 8. The summed E-state index contributed by atoms with van der Waals surface area (Å²) in [6.45, 7) is 11.7. The smallest absolute Gasteiger partial charge is 0.147 e. The zero-order chi connectivity index (χ0) is 20.0. The topological polar surface area (TPSA) is 0 Å². The summed E-state index contributed by atoms with van der Waals surface area (Å²) < 4.78 is 6.66. The molecule has 0 saturated heterocycles. The minimum Gasteiger partial charge on any atom is -0.147 e. The fourth-order valence-corrected chi connectivity index (χ4v) is 30.6. The van der Waals surface area contributed by atoms with Crippen LogP contribution in [0.1, 0.15) is 40.5 Å². The van der Waals surface area contributed by atoms with E-state index in [1.807, 2.05) is 0 Å². The Bertz CT molecular complexity index is 1040. The van der Waals surface area contributed by atoms with Gasteiger partial charge in [0.1, 0.15) is 0 Å². The Kier molecular flexibility index (Phi) is 7.85. The molecule has 0 radical (unpaired) electrons. The Morgan fingerprint density at radius 3 is 1.20 bits per heavy atom. The zero-order valence-corrected chi connectivity index (χ0v) is 23.9. The molecule has 0 aliphatic heterocycles. The second-order valence-corrected chi connectivity index (χ2v) is 29.9. The number of benzene rings is 2. The molecule has 0 heterocycles. The number of halogens is 2. The second-order valence-electron chi connectivity index (χ2n) is 8.58. The SMILES string of the molecule is CC1=CC[C]([Zr](=[SiH2])([C]2=C(C)C(C)=CC2)([c]2ccccc2)[c]2ccccc2)=C1C.Cl.Cl. The van der Waals surface area contributed by atoms with Gasteiger partial charge in [-0.3, -0.25) is 0 Å². The largest absolute Gasteiger partial charge is 0.147 e. The van der Waals surface area contributed by atoms with Crippen LogP contribution in [-0.2, 0) is 17.4 Å². The fourth-order valence-electron chi connectivity index (χ4n) is 5.53. The maximum atomic E-state index is 2.46. The second kappa shape index (κ2) is 9.29. The van der Waals surface area contributed by atoms with Crippen LogP contribution >= 0.6 is 24.8 Å². The summed E-state index contributed by atoms with van der Waals surface area (Å²) in [6.07, 6.45) is 7.13. The summed E-state index contributed by atoms with van der Waals surface area (Å²) in [7, 11) is 0. The fraction of sp³-hybridized carbons (Fsp3) is 0.231. The third-order valence-electron chi connectivity index (χ3n) is 7.47. The van der Waals surface area contributed by atoms with E-state index in [1.54, 1.807) is 13.1 Å². The van der Waals surface area contributed by atoms with E-state index in [4.69, 9.17) is 0 Å². The van der Waals surface area contributed by atoms with Crippen molar-refractivity contribution in [3.63, 3.8) is 0 Å². The minimum absolute atomic E-state index is 0. The van der Waals surface area contributed by atoms with E-state index in [0.717, 1.165) is 12.8 Å². The van der Waals surface area contributed by atoms with Crippen molar-refractivity contribution in [2.45, 2.75) is 40.5 Å². The van der Waals surface area contributed by atoms with Gasteiger partial charge in [-0.2, -0.15) is 0 Å². The number of hydrogen-bond acceptors (Lipinski definition) is 0. The molecule has 2 aliphatic rings. The van der Waals surface area contributed by atoms with Crippen molar-refractivity contribution < 1.29 is 17.4 Å². The Morgan fingerprint density at radius 2 is 0.933 bits per heavy atom. The van der Waals surface area contributed by atoms with Crippen molar-refractivity contribution in [3.8, 4) is 0 Å². The Balaban J connectivity index is 0.00000160. The summed E-state index contributed by atoms with van der Waals surface area (Å²) in [5.41, 5.74) is 6.01. The van der Waals surface area contributed by atoms with Crippen molar-refractivity contribution >= 4 is 38.2 Å². The van der Waals surface area contributed by atoms with E-state index in [1.165, 1.54) is 22.3 Å². The molecule has 0 atom stereocenters. The molecule has 0 unspecified atom stereocenters. The molecule has 0 bridgehead atoms. The quantitative estimate of drug-likeness (QED) is 0.424. The summed E-state index contributed by atoms with van der Waals surface area (Å²) in [6, 6.07) is 23.0. The van der Waals surface area contributed by atoms with Crippen LogP contribution in [0.5, 0.6) is 0 Å². The van der Waals surface area contributed by atoms with Crippen molar-refractivity contribution in [1.82, 2.24) is 0 Å². The molecule has 0 fully saturated rings. The van der Waals surface area contributed by atoms with E-state index in [2.05, 4.69) is 107 Å². The minimum atomic E-state index is -3.97. The molecule has 0 nitrogen and oxygen atoms in total. The third-order valence-corrected chi connectivity index (χ3v) is 34.6. The van der Waals surface area contributed by atoms with Crippen LogP contribution in [0, 0.1) is 0 Å². The van der Waals surface area contributed by atoms with Gasteiger partial charge < -0.3 is 0 Å². The molecule has 30 heavy (non-hydrogen) atoms. The molecular weight excluding hydrogens is 503 g/mol. The van der Waals surface area contributed by atoms with Gasteiger partial charge in [0.25, 0.3) is 0 Å². The summed E-state index contributed by atoms with van der Waals surface area (Å²) >= 11 is -3.97. The average Bonchev–Trinajstić information content (AvgIpc) is 3.25. The van der Waals surface area contributed by atoms with Gasteiger partial charge in [-0.05, 0) is 0 Å². The number of hydrogen-bond donors (Lipinski definition) is 0. The van der Waals surface area contributed by atoms with Crippen molar-refractivity contribution in [2.24, 2.45) is 0 Å². The van der Waals surface area contributed by atoms with Crippen molar-refractivity contribution in [3.05, 3.63) is 102 Å². The maximum absolute atomic E-state index is 3.97. The van der Waals surface area contributed by atoms with Crippen molar-refractivity contribution in [1.29, 1.82) is 0 Å². The summed E-state index contributed by atoms with van der Waals surface area (Å²) in [4.78, 5) is 0. The molecular formula is C26H32Cl2SiZr. The van der Waals surface area contributed by atoms with Crippen LogP contribution in [0.15, 0.2) is 102 Å². The van der Waals surface area contributed by atoms with Gasteiger partial charge in [0.2, 0.25) is 0 Å². The molecule has 2 aromatic rings. The Hall–Kier alpha value is -0.920. The van der Waals surface area contributed by atoms with E-state index in [9.17, 15) is 0 Å². The van der Waals surface area contributed by atoms with Crippen LogP contribution in [0.25, 0.3) is 0 Å². The molecule has 0 saturated carbocycles. The first kappa shape index (κ1) is 25.3. The molecule has 2 aromatic carbocycles. The first-order chi connectivity index (χ1) is 13.4. The maximum Gasteiger partial charge on any atom is -0.147 e. The normalized spacial score (nSPS) is 16.7. The van der Waals surface area contributed by atoms with Gasteiger partial charge in [-0.1, -0.05) is 0 Å². The summed E-state index contributed by atoms with van der Waals surface area (Å²) in [5.74, 6) is 0. The van der Waals surface area contributed by atoms with Crippen LogP contribution in [0.4, 0.5) is 0 Å². The predicted molar refractivity (Wildman–Crippen MR) is 137 cm³/mol. The molecule has 158 valence electrons. The zero-order valence-electron chi connectivity index (χ0n) is 18.4. The van der Waals surface area contributed by atoms with Crippen LogP contribution in [0.2, 0.25) is 0 Å². The molecule has 0 amide bonds. The monoisotopic (exact) mass is 532 g/mol. The molecule has 0 spiro atoms. The summed E-state index contributed by atoms with van der Waals surface area (Å²) in [5, 5.41) is 0. The molecule has 0 N–H and O–H groups in total. The Labute approximate surface area is 196 Å². The van der Waals surface area contributed by atoms with Crippen molar-refractivity contribution in [2.75, 3.05) is 0 Å². The van der Waals surface area contributed by atoms with Crippen LogP contribution in [-0.4, -0.2) is 6.88 Å². The van der Waals surface area contributed by atoms with E-state index >= 15 is 0 Å². The van der Waals surface area contributed by atoms with E-state index < -0.39 is 17.4 Å². The van der Waals surface area contributed by atoms with Crippen LogP contribution < -0.4 is 6.54 Å². The standard InChI is InChI=1S/2C7H9.2C6H5.2ClH.H2Si.Zr/c2*1-6-4-3-5-7(6)2;2*1-2-4-6-5-3-1;;;;/h2*4H,3H2,1-2H3;2*1-5H;2*1H;1H2;. The van der Waals surface area contributed by atoms with Crippen LogP contribution in [0.3, 0.4) is 0 Å².